The number of hydrogen-bond donors (Lipinski definition) is 1. The summed E-state index contributed by atoms with van der Waals surface area (Å²) in [6, 6.07) is 0.742. The molecule has 1 fully saturated rings. The van der Waals surface area contributed by atoms with Gasteiger partial charge in [-0.2, -0.15) is 0 Å². The van der Waals surface area contributed by atoms with Crippen LogP contribution in [-0.2, 0) is 0 Å². The van der Waals surface area contributed by atoms with E-state index in [1.54, 1.807) is 12.4 Å². The normalized spacial score (nSPS) is 26.9. The Morgan fingerprint density at radius 1 is 1.43 bits per heavy atom. The Balaban J connectivity index is 2.27. The molecule has 2 atom stereocenters. The van der Waals surface area contributed by atoms with Crippen molar-refractivity contribution in [2.45, 2.75) is 32.4 Å². The Hall–Kier alpha value is -1.16. The average Bonchev–Trinajstić information content (AvgIpc) is 2.46. The van der Waals surface area contributed by atoms with Gasteiger partial charge in [-0.1, -0.05) is 0 Å². The quantitative estimate of drug-likeness (QED) is 0.712. The minimum absolute atomic E-state index is 0.270. The predicted molar refractivity (Wildman–Crippen MR) is 56.2 cm³/mol. The summed E-state index contributed by atoms with van der Waals surface area (Å²) in [7, 11) is 0. The van der Waals surface area contributed by atoms with Crippen LogP contribution in [0.25, 0.3) is 0 Å². The van der Waals surface area contributed by atoms with Crippen molar-refractivity contribution < 1.29 is 0 Å². The summed E-state index contributed by atoms with van der Waals surface area (Å²) >= 11 is 0. The number of nitrogens with two attached hydrogens (primary N) is 1. The smallest absolute Gasteiger partial charge is 0.150 e. The third-order valence-corrected chi connectivity index (χ3v) is 2.73. The first-order valence-electron chi connectivity index (χ1n) is 4.98. The molecule has 0 spiro atoms. The molecule has 0 saturated carbocycles. The van der Waals surface area contributed by atoms with Crippen molar-refractivity contribution in [3.8, 4) is 0 Å². The molecule has 1 aromatic heterocycles. The zero-order chi connectivity index (χ0) is 10.1. The lowest BCUT2D eigenvalue weighted by atomic mass is 10.2. The van der Waals surface area contributed by atoms with Gasteiger partial charge in [-0.05, 0) is 20.3 Å². The molecule has 0 radical (unpaired) electrons. The van der Waals surface area contributed by atoms with Crippen molar-refractivity contribution in [3.05, 3.63) is 18.1 Å². The molecule has 0 bridgehead atoms. The molecule has 0 aliphatic carbocycles. The average molecular weight is 192 g/mol. The van der Waals surface area contributed by atoms with E-state index >= 15 is 0 Å². The van der Waals surface area contributed by atoms with Gasteiger partial charge < -0.3 is 10.6 Å². The SMILES string of the molecule is Cc1nccnc1N1CC(N)CC1C. The summed E-state index contributed by atoms with van der Waals surface area (Å²) in [6.45, 7) is 5.06. The van der Waals surface area contributed by atoms with E-state index in [9.17, 15) is 0 Å². The number of hydrogen-bond acceptors (Lipinski definition) is 4. The van der Waals surface area contributed by atoms with E-state index in [0.29, 0.717) is 6.04 Å². The van der Waals surface area contributed by atoms with E-state index in [1.165, 1.54) is 0 Å². The Labute approximate surface area is 84.2 Å². The molecule has 4 nitrogen and oxygen atoms in total. The minimum Gasteiger partial charge on any atom is -0.351 e. The lowest BCUT2D eigenvalue weighted by Crippen LogP contribution is -2.30. The molecule has 0 amide bonds. The van der Waals surface area contributed by atoms with Crippen LogP contribution in [-0.4, -0.2) is 28.6 Å². The Morgan fingerprint density at radius 3 is 2.71 bits per heavy atom. The summed E-state index contributed by atoms with van der Waals surface area (Å²) in [5.74, 6) is 0.980. The molecule has 2 heterocycles. The summed E-state index contributed by atoms with van der Waals surface area (Å²) in [6.07, 6.45) is 4.49. The van der Waals surface area contributed by atoms with Crippen molar-refractivity contribution in [1.29, 1.82) is 0 Å². The maximum atomic E-state index is 5.91. The molecule has 1 saturated heterocycles. The van der Waals surface area contributed by atoms with Gasteiger partial charge in [-0.3, -0.25) is 4.98 Å². The van der Waals surface area contributed by atoms with Gasteiger partial charge in [-0.15, -0.1) is 0 Å². The van der Waals surface area contributed by atoms with E-state index in [1.807, 2.05) is 6.92 Å². The molecular formula is C10H16N4. The lowest BCUT2D eigenvalue weighted by molar-refractivity contribution is 0.687. The van der Waals surface area contributed by atoms with Gasteiger partial charge in [-0.25, -0.2) is 4.98 Å². The number of anilines is 1. The molecule has 14 heavy (non-hydrogen) atoms. The third-order valence-electron chi connectivity index (χ3n) is 2.73. The van der Waals surface area contributed by atoms with E-state index in [4.69, 9.17) is 5.73 Å². The van der Waals surface area contributed by atoms with E-state index in [2.05, 4.69) is 21.8 Å². The summed E-state index contributed by atoms with van der Waals surface area (Å²) in [4.78, 5) is 10.8. The van der Waals surface area contributed by atoms with Gasteiger partial charge in [0.1, 0.15) is 5.82 Å². The monoisotopic (exact) mass is 192 g/mol. The van der Waals surface area contributed by atoms with Gasteiger partial charge >= 0.3 is 0 Å². The van der Waals surface area contributed by atoms with Crippen LogP contribution in [0.4, 0.5) is 5.82 Å². The first kappa shape index (κ1) is 9.40. The predicted octanol–water partition coefficient (Wildman–Crippen LogP) is 0.711. The fourth-order valence-corrected chi connectivity index (χ4v) is 2.05. The first-order chi connectivity index (χ1) is 6.68. The van der Waals surface area contributed by atoms with Gasteiger partial charge in [0.15, 0.2) is 0 Å². The van der Waals surface area contributed by atoms with Crippen LogP contribution >= 0.6 is 0 Å². The molecule has 1 aromatic rings. The fraction of sp³-hybridized carbons (Fsp3) is 0.600. The van der Waals surface area contributed by atoms with Gasteiger partial charge in [0.25, 0.3) is 0 Å². The molecule has 2 rings (SSSR count). The highest BCUT2D eigenvalue weighted by Gasteiger charge is 2.28. The second kappa shape index (κ2) is 3.53. The zero-order valence-electron chi connectivity index (χ0n) is 8.64. The molecule has 1 aliphatic rings. The summed E-state index contributed by atoms with van der Waals surface area (Å²) < 4.78 is 0. The largest absolute Gasteiger partial charge is 0.351 e. The maximum Gasteiger partial charge on any atom is 0.150 e. The molecule has 4 heteroatoms. The highest BCUT2D eigenvalue weighted by atomic mass is 15.3. The van der Waals surface area contributed by atoms with Gasteiger partial charge in [0.05, 0.1) is 5.69 Å². The second-order valence-corrected chi connectivity index (χ2v) is 3.96. The number of nitrogens with zero attached hydrogens (tertiary/aromatic N) is 3. The fourth-order valence-electron chi connectivity index (χ4n) is 2.05. The van der Waals surface area contributed by atoms with E-state index in [0.717, 1.165) is 24.5 Å². The maximum absolute atomic E-state index is 5.91. The van der Waals surface area contributed by atoms with Gasteiger partial charge in [0, 0.05) is 31.0 Å². The molecular weight excluding hydrogens is 176 g/mol. The Kier molecular flexibility index (Phi) is 2.37. The summed E-state index contributed by atoms with van der Waals surface area (Å²) in [5, 5.41) is 0. The third kappa shape index (κ3) is 1.57. The van der Waals surface area contributed by atoms with Crippen LogP contribution in [0.15, 0.2) is 12.4 Å². The zero-order valence-corrected chi connectivity index (χ0v) is 8.64. The first-order valence-corrected chi connectivity index (χ1v) is 4.98. The Morgan fingerprint density at radius 2 is 2.14 bits per heavy atom. The topological polar surface area (TPSA) is 55.0 Å². The van der Waals surface area contributed by atoms with Crippen LogP contribution in [0.1, 0.15) is 19.0 Å². The van der Waals surface area contributed by atoms with E-state index < -0.39 is 0 Å². The van der Waals surface area contributed by atoms with Crippen molar-refractivity contribution in [2.75, 3.05) is 11.4 Å². The van der Waals surface area contributed by atoms with Crippen LogP contribution in [0.2, 0.25) is 0 Å². The van der Waals surface area contributed by atoms with Crippen LogP contribution in [0.3, 0.4) is 0 Å². The molecule has 1 aliphatic heterocycles. The van der Waals surface area contributed by atoms with E-state index in [-0.39, 0.29) is 6.04 Å². The minimum atomic E-state index is 0.270. The highest BCUT2D eigenvalue weighted by Crippen LogP contribution is 2.24. The van der Waals surface area contributed by atoms with Gasteiger partial charge in [0.2, 0.25) is 0 Å². The molecule has 2 unspecified atom stereocenters. The van der Waals surface area contributed by atoms with Crippen molar-refractivity contribution in [3.63, 3.8) is 0 Å². The van der Waals surface area contributed by atoms with Crippen molar-refractivity contribution in [2.24, 2.45) is 5.73 Å². The standard InChI is InChI=1S/C10H16N4/c1-7-5-9(11)6-14(7)10-8(2)12-3-4-13-10/h3-4,7,9H,5-6,11H2,1-2H3. The molecule has 2 N–H and O–H groups in total. The van der Waals surface area contributed by atoms with Crippen molar-refractivity contribution >= 4 is 5.82 Å². The highest BCUT2D eigenvalue weighted by molar-refractivity contribution is 5.45. The number of aromatic nitrogens is 2. The van der Waals surface area contributed by atoms with Crippen LogP contribution in [0, 0.1) is 6.92 Å². The Bertz CT molecular complexity index is 326. The number of rotatable bonds is 1. The summed E-state index contributed by atoms with van der Waals surface area (Å²) in [5.41, 5.74) is 6.89. The van der Waals surface area contributed by atoms with Crippen LogP contribution < -0.4 is 10.6 Å². The molecule has 0 aromatic carbocycles. The molecule has 76 valence electrons. The number of aryl methyl sites for hydroxylation is 1. The van der Waals surface area contributed by atoms with Crippen LogP contribution in [0.5, 0.6) is 0 Å². The second-order valence-electron chi connectivity index (χ2n) is 3.96. The lowest BCUT2D eigenvalue weighted by Gasteiger charge is -2.23. The van der Waals surface area contributed by atoms with Crippen molar-refractivity contribution in [1.82, 2.24) is 9.97 Å².